The first kappa shape index (κ1) is 56.6. The number of amides is 8. The van der Waals surface area contributed by atoms with Gasteiger partial charge in [0.05, 0.1) is 54.7 Å². The number of halogens is 1. The molecule has 8 amide bonds. The molecule has 2 aliphatic carbocycles. The Balaban J connectivity index is 0.722. The summed E-state index contributed by atoms with van der Waals surface area (Å²) in [5, 5.41) is 28.5. The van der Waals surface area contributed by atoms with E-state index in [1.165, 1.54) is 18.2 Å². The van der Waals surface area contributed by atoms with Gasteiger partial charge >= 0.3 is 5.97 Å². The van der Waals surface area contributed by atoms with E-state index in [1.807, 2.05) is 0 Å². The van der Waals surface area contributed by atoms with Crippen LogP contribution in [0.1, 0.15) is 123 Å². The number of pyridine rings is 2. The van der Waals surface area contributed by atoms with Crippen LogP contribution in [0.5, 0.6) is 0 Å². The Bertz CT molecular complexity index is 3240. The molecule has 5 aliphatic rings. The molecule has 1 fully saturated rings. The number of carbonyl (C=O) groups excluding carboxylic acids is 9. The molecule has 2 aromatic carbocycles. The Morgan fingerprint density at radius 1 is 0.825 bits per heavy atom. The molecule has 0 unspecified atom stereocenters. The monoisotopic (exact) mass is 1100 g/mol. The maximum absolute atomic E-state index is 15.5. The third-order valence-electron chi connectivity index (χ3n) is 16.2. The molecule has 21 nitrogen and oxygen atoms in total. The minimum absolute atomic E-state index is 0.0167. The molecule has 5 heterocycles. The van der Waals surface area contributed by atoms with Gasteiger partial charge < -0.3 is 46.3 Å². The second-order valence-corrected chi connectivity index (χ2v) is 21.3. The van der Waals surface area contributed by atoms with Gasteiger partial charge in [-0.2, -0.15) is 0 Å². The minimum Gasteiger partial charge on any atom is -0.458 e. The lowest BCUT2D eigenvalue weighted by molar-refractivity contribution is -0.172. The average molecular weight is 1100 g/mol. The van der Waals surface area contributed by atoms with Crippen LogP contribution >= 0.6 is 0 Å². The minimum atomic E-state index is -2.02. The van der Waals surface area contributed by atoms with Gasteiger partial charge in [0.2, 0.25) is 35.4 Å². The highest BCUT2D eigenvalue weighted by Gasteiger charge is 2.46. The molecule has 9 rings (SSSR count). The van der Waals surface area contributed by atoms with Crippen molar-refractivity contribution in [2.75, 3.05) is 32.7 Å². The van der Waals surface area contributed by atoms with Crippen molar-refractivity contribution in [3.05, 3.63) is 110 Å². The van der Waals surface area contributed by atoms with Crippen LogP contribution in [0, 0.1) is 24.6 Å². The first-order valence-electron chi connectivity index (χ1n) is 27.5. The van der Waals surface area contributed by atoms with Crippen molar-refractivity contribution >= 4 is 64.1 Å². The summed E-state index contributed by atoms with van der Waals surface area (Å²) in [6, 6.07) is 10.4. The van der Waals surface area contributed by atoms with E-state index in [4.69, 9.17) is 9.72 Å². The Morgan fingerprint density at radius 2 is 1.52 bits per heavy atom. The summed E-state index contributed by atoms with van der Waals surface area (Å²) in [7, 11) is 0. The van der Waals surface area contributed by atoms with E-state index in [9.17, 15) is 53.1 Å². The lowest BCUT2D eigenvalue weighted by Crippen LogP contribution is -2.52. The third-order valence-corrected chi connectivity index (χ3v) is 16.2. The van der Waals surface area contributed by atoms with Gasteiger partial charge in [-0.05, 0) is 105 Å². The van der Waals surface area contributed by atoms with Crippen LogP contribution in [-0.2, 0) is 79.5 Å². The van der Waals surface area contributed by atoms with Gasteiger partial charge in [-0.25, -0.2) is 14.2 Å². The number of rotatable bonds is 22. The summed E-state index contributed by atoms with van der Waals surface area (Å²) in [5.41, 5.74) is 2.71. The number of nitrogens with one attached hydrogen (secondary N) is 6. The fourth-order valence-electron chi connectivity index (χ4n) is 11.7. The first-order valence-corrected chi connectivity index (χ1v) is 27.5. The maximum atomic E-state index is 15.5. The number of aryl methyl sites for hydroxylation is 1. The zero-order chi connectivity index (χ0) is 56.8. The number of hydrogen-bond acceptors (Lipinski definition) is 13. The zero-order valence-corrected chi connectivity index (χ0v) is 44.8. The molecule has 80 heavy (non-hydrogen) atoms. The number of nitrogens with zero attached hydrogens (tertiary/aromatic N) is 3. The van der Waals surface area contributed by atoms with E-state index in [0.29, 0.717) is 80.4 Å². The van der Waals surface area contributed by atoms with Crippen LogP contribution in [0.3, 0.4) is 0 Å². The lowest BCUT2D eigenvalue weighted by atomic mass is 9.79. The summed E-state index contributed by atoms with van der Waals surface area (Å²) in [5.74, 6) is -4.83. The Kier molecular flexibility index (Phi) is 17.3. The van der Waals surface area contributed by atoms with Crippen LogP contribution in [-0.4, -0.2) is 112 Å². The van der Waals surface area contributed by atoms with E-state index in [1.54, 1.807) is 54.8 Å². The predicted octanol–water partition coefficient (Wildman–Crippen LogP) is 2.50. The van der Waals surface area contributed by atoms with Crippen LogP contribution < -0.4 is 37.5 Å². The molecule has 422 valence electrons. The molecule has 7 N–H and O–H groups in total. The molecular weight excluding hydrogens is 1030 g/mol. The van der Waals surface area contributed by atoms with Gasteiger partial charge in [0, 0.05) is 66.6 Å². The molecular formula is C58H66FN9O12. The number of benzene rings is 2. The van der Waals surface area contributed by atoms with Crippen molar-refractivity contribution < 1.29 is 57.4 Å². The molecule has 1 saturated carbocycles. The van der Waals surface area contributed by atoms with Crippen molar-refractivity contribution in [2.24, 2.45) is 11.8 Å². The Labute approximate surface area is 460 Å². The van der Waals surface area contributed by atoms with E-state index in [2.05, 4.69) is 31.9 Å². The topological polar surface area (TPSA) is 293 Å². The summed E-state index contributed by atoms with van der Waals surface area (Å²) in [6.07, 6.45) is 8.62. The van der Waals surface area contributed by atoms with E-state index >= 15 is 4.39 Å². The zero-order valence-electron chi connectivity index (χ0n) is 44.8. The molecule has 3 aliphatic heterocycles. The van der Waals surface area contributed by atoms with Crippen LogP contribution in [0.2, 0.25) is 0 Å². The van der Waals surface area contributed by atoms with E-state index in [0.717, 1.165) is 45.4 Å². The number of esters is 1. The molecule has 2 aromatic heterocycles. The molecule has 22 heteroatoms. The number of cyclic esters (lactones) is 1. The van der Waals surface area contributed by atoms with E-state index in [-0.39, 0.29) is 98.6 Å². The quantitative estimate of drug-likeness (QED) is 0.0298. The molecule has 3 atom stereocenters. The van der Waals surface area contributed by atoms with Crippen molar-refractivity contribution in [1.29, 1.82) is 0 Å². The van der Waals surface area contributed by atoms with Crippen molar-refractivity contribution in [2.45, 2.75) is 128 Å². The van der Waals surface area contributed by atoms with Gasteiger partial charge in [-0.15, -0.1) is 0 Å². The molecule has 0 bridgehead atoms. The summed E-state index contributed by atoms with van der Waals surface area (Å²) in [6.45, 7) is 2.60. The SMILES string of the molecule is CC[C@@]1(O)C(=O)OCc2c1cc1n(c2=O)Cc2c-1nc1cc(F)c(C)c3c1c2[C@@H](NC(=O)C1CCC(CCNC(=O)CNC(=O)[C@H](Cc2ccccc2)NC(=O)CNC(=O)CNC(=O)CCCCCN2C(=O)C=CC2=O)CC1)CC3. The van der Waals surface area contributed by atoms with Crippen molar-refractivity contribution in [3.8, 4) is 11.4 Å². The fourth-order valence-corrected chi connectivity index (χ4v) is 11.7. The van der Waals surface area contributed by atoms with Crippen molar-refractivity contribution in [1.82, 2.24) is 46.4 Å². The fraction of sp³-hybridized carbons (Fsp3) is 0.466. The van der Waals surface area contributed by atoms with Gasteiger partial charge in [-0.1, -0.05) is 43.7 Å². The predicted molar refractivity (Wildman–Crippen MR) is 287 cm³/mol. The smallest absolute Gasteiger partial charge is 0.343 e. The normalized spacial score (nSPS) is 20.0. The van der Waals surface area contributed by atoms with Gasteiger partial charge in [0.25, 0.3) is 17.4 Å². The number of fused-ring (bicyclic) bond motifs is 5. The van der Waals surface area contributed by atoms with Gasteiger partial charge in [0.15, 0.2) is 5.60 Å². The van der Waals surface area contributed by atoms with Gasteiger partial charge in [0.1, 0.15) is 18.5 Å². The number of imide groups is 1. The lowest BCUT2D eigenvalue weighted by Gasteiger charge is -2.32. The second kappa shape index (κ2) is 24.5. The van der Waals surface area contributed by atoms with E-state index < -0.39 is 65.2 Å². The largest absolute Gasteiger partial charge is 0.458 e. The standard InChI is InChI=1S/C58H66FN9O12/c1-3-58(79)39-25-44-53-37(30-68(44)56(77)38(39)31-80-57(58)78)52-41(18-17-36-32(2)40(59)26-42(65-53)51(36)52)66-54(75)35-15-13-33(14-16-35)21-22-60-46(70)28-63-55(76)43(24-34-10-6-4-7-11-34)64-48(72)29-62-47(71)27-61-45(69)12-8-5-9-23-67-49(73)19-20-50(67)74/h4,6-7,10-11,19-20,25-26,33,35,41,43,79H,3,5,8-9,12-18,21-24,27-31H2,1-2H3,(H,60,70)(H,61,69)(H,62,71)(H,63,76)(H,64,72)(H,66,75)/t33?,35?,41-,43-,58-/m0/s1. The molecule has 4 aromatic rings. The summed E-state index contributed by atoms with van der Waals surface area (Å²) < 4.78 is 22.3. The third kappa shape index (κ3) is 12.2. The molecule has 0 radical (unpaired) electrons. The number of unbranched alkanes of at least 4 members (excludes halogenated alkanes) is 2. The highest BCUT2D eigenvalue weighted by atomic mass is 19.1. The highest BCUT2D eigenvalue weighted by Crippen LogP contribution is 2.46. The Morgan fingerprint density at radius 3 is 2.26 bits per heavy atom. The van der Waals surface area contributed by atoms with Crippen LogP contribution in [0.15, 0.2) is 59.4 Å². The molecule has 0 saturated heterocycles. The summed E-state index contributed by atoms with van der Waals surface area (Å²) >= 11 is 0. The van der Waals surface area contributed by atoms with Crippen LogP contribution in [0.4, 0.5) is 4.39 Å². The Hall–Kier alpha value is -8.14. The number of hydrogen-bond donors (Lipinski definition) is 7. The molecule has 0 spiro atoms. The number of carbonyl (C=O) groups is 9. The first-order chi connectivity index (χ1) is 38.4. The maximum Gasteiger partial charge on any atom is 0.343 e. The number of aromatic nitrogens is 2. The average Bonchev–Trinajstić information content (AvgIpc) is 4.07. The number of aliphatic hydroxyl groups is 1. The van der Waals surface area contributed by atoms with Crippen LogP contribution in [0.25, 0.3) is 22.3 Å². The highest BCUT2D eigenvalue weighted by molar-refractivity contribution is 6.12. The van der Waals surface area contributed by atoms with Gasteiger partial charge in [-0.3, -0.25) is 48.1 Å². The second-order valence-electron chi connectivity index (χ2n) is 21.3. The van der Waals surface area contributed by atoms with Crippen molar-refractivity contribution in [3.63, 3.8) is 0 Å². The number of ether oxygens (including phenoxy) is 1. The summed E-state index contributed by atoms with van der Waals surface area (Å²) in [4.78, 5) is 134.